The van der Waals surface area contributed by atoms with Gasteiger partial charge < -0.3 is 5.11 Å². The van der Waals surface area contributed by atoms with Gasteiger partial charge in [-0.1, -0.05) is 30.3 Å². The van der Waals surface area contributed by atoms with Crippen molar-refractivity contribution in [3.63, 3.8) is 0 Å². The molecule has 1 unspecified atom stereocenters. The van der Waals surface area contributed by atoms with Crippen LogP contribution in [0, 0.1) is 0 Å². The summed E-state index contributed by atoms with van der Waals surface area (Å²) in [5, 5.41) is 9.25. The number of hydrogen-bond acceptors (Lipinski definition) is 2. The summed E-state index contributed by atoms with van der Waals surface area (Å²) in [6.45, 7) is 1.96. The van der Waals surface area contributed by atoms with E-state index in [0.717, 1.165) is 4.90 Å². The van der Waals surface area contributed by atoms with Crippen LogP contribution in [0.5, 0.6) is 0 Å². The van der Waals surface area contributed by atoms with Gasteiger partial charge in [0.25, 0.3) is 0 Å². The molecule has 0 heterocycles. The number of rotatable bonds is 6. The minimum atomic E-state index is -4.34. The highest BCUT2D eigenvalue weighted by Gasteiger charge is 2.34. The van der Waals surface area contributed by atoms with E-state index in [1.54, 1.807) is 44.2 Å². The number of halogens is 3. The van der Waals surface area contributed by atoms with Crippen molar-refractivity contribution in [1.82, 2.24) is 4.90 Å². The first-order valence-electron chi connectivity index (χ1n) is 6.29. The van der Waals surface area contributed by atoms with Gasteiger partial charge in [-0.15, -0.1) is 0 Å². The summed E-state index contributed by atoms with van der Waals surface area (Å²) in [5.74, 6) is -2.09. The zero-order valence-corrected chi connectivity index (χ0v) is 11.4. The van der Waals surface area contributed by atoms with Gasteiger partial charge in [0, 0.05) is 12.6 Å². The average Bonchev–Trinajstić information content (AvgIpc) is 2.33. The lowest BCUT2D eigenvalue weighted by molar-refractivity contribution is -0.154. The van der Waals surface area contributed by atoms with Gasteiger partial charge in [0.2, 0.25) is 0 Å². The Morgan fingerprint density at radius 3 is 2.20 bits per heavy atom. The van der Waals surface area contributed by atoms with Crippen molar-refractivity contribution in [2.24, 2.45) is 0 Å². The fraction of sp³-hybridized carbons (Fsp3) is 0.500. The van der Waals surface area contributed by atoms with E-state index < -0.39 is 24.6 Å². The van der Waals surface area contributed by atoms with Crippen LogP contribution in [0.25, 0.3) is 0 Å². The lowest BCUT2D eigenvalue weighted by atomic mass is 9.98. The van der Waals surface area contributed by atoms with E-state index in [1.165, 1.54) is 0 Å². The summed E-state index contributed by atoms with van der Waals surface area (Å²) in [6.07, 6.45) is -4.34. The molecule has 20 heavy (non-hydrogen) atoms. The molecule has 6 heteroatoms. The normalized spacial score (nSPS) is 13.8. The highest BCUT2D eigenvalue weighted by molar-refractivity contribution is 5.76. The smallest absolute Gasteiger partial charge is 0.401 e. The predicted molar refractivity (Wildman–Crippen MR) is 69.6 cm³/mol. The molecule has 1 aromatic carbocycles. The summed E-state index contributed by atoms with van der Waals surface area (Å²) in [6, 6.07) is 7.93. The minimum Gasteiger partial charge on any atom is -0.481 e. The Bertz CT molecular complexity index is 432. The lowest BCUT2D eigenvalue weighted by Gasteiger charge is -2.30. The van der Waals surface area contributed by atoms with E-state index in [1.807, 2.05) is 0 Å². The van der Waals surface area contributed by atoms with Crippen LogP contribution in [-0.4, -0.2) is 41.3 Å². The second-order valence-electron chi connectivity index (χ2n) is 4.94. The van der Waals surface area contributed by atoms with E-state index in [9.17, 15) is 23.1 Å². The Kier molecular flexibility index (Phi) is 5.56. The SMILES string of the molecule is CC(C)N(CC(C(=O)O)c1ccccc1)CC(F)(F)F. The Balaban J connectivity index is 2.90. The molecule has 0 amide bonds. The van der Waals surface area contributed by atoms with Gasteiger partial charge >= 0.3 is 12.1 Å². The molecule has 1 aromatic rings. The van der Waals surface area contributed by atoms with Gasteiger partial charge in [-0.25, -0.2) is 0 Å². The number of alkyl halides is 3. The monoisotopic (exact) mass is 289 g/mol. The molecule has 0 aliphatic heterocycles. The third-order valence-electron chi connectivity index (χ3n) is 3.03. The summed E-state index contributed by atoms with van der Waals surface area (Å²) in [4.78, 5) is 12.4. The molecular formula is C14H18F3NO2. The second kappa shape index (κ2) is 6.74. The largest absolute Gasteiger partial charge is 0.481 e. The number of carboxylic acids is 1. The predicted octanol–water partition coefficient (Wildman–Crippen LogP) is 3.13. The van der Waals surface area contributed by atoms with E-state index in [4.69, 9.17) is 0 Å². The molecule has 0 spiro atoms. The summed E-state index contributed by atoms with van der Waals surface area (Å²) in [7, 11) is 0. The minimum absolute atomic E-state index is 0.170. The van der Waals surface area contributed by atoms with Crippen LogP contribution in [0.2, 0.25) is 0 Å². The maximum absolute atomic E-state index is 12.5. The van der Waals surface area contributed by atoms with Gasteiger partial charge in [-0.3, -0.25) is 9.69 Å². The van der Waals surface area contributed by atoms with Gasteiger partial charge in [0.05, 0.1) is 12.5 Å². The number of carboxylic acid groups (broad SMARTS) is 1. The summed E-state index contributed by atoms with van der Waals surface area (Å²) >= 11 is 0. The maximum Gasteiger partial charge on any atom is 0.401 e. The third kappa shape index (κ3) is 5.21. The molecule has 0 fully saturated rings. The number of nitrogens with zero attached hydrogens (tertiary/aromatic N) is 1. The summed E-state index contributed by atoms with van der Waals surface area (Å²) in [5.41, 5.74) is 0.507. The molecule has 0 bridgehead atoms. The van der Waals surface area contributed by atoms with Gasteiger partial charge in [-0.2, -0.15) is 13.2 Å². The molecule has 1 atom stereocenters. The number of carbonyl (C=O) groups is 1. The van der Waals surface area contributed by atoms with Crippen molar-refractivity contribution in [2.45, 2.75) is 32.0 Å². The molecular weight excluding hydrogens is 271 g/mol. The molecule has 0 aliphatic carbocycles. The van der Waals surface area contributed by atoms with E-state index >= 15 is 0 Å². The van der Waals surface area contributed by atoms with Gasteiger partial charge in [0.15, 0.2) is 0 Å². The fourth-order valence-corrected chi connectivity index (χ4v) is 1.93. The number of aliphatic carboxylic acids is 1. The highest BCUT2D eigenvalue weighted by atomic mass is 19.4. The van der Waals surface area contributed by atoms with Crippen LogP contribution in [0.15, 0.2) is 30.3 Å². The standard InChI is InChI=1S/C14H18F3NO2/c1-10(2)18(9-14(15,16)17)8-12(13(19)20)11-6-4-3-5-7-11/h3-7,10,12H,8-9H2,1-2H3,(H,19,20). The van der Waals surface area contributed by atoms with E-state index in [2.05, 4.69) is 0 Å². The molecule has 0 saturated heterocycles. The van der Waals surface area contributed by atoms with E-state index in [0.29, 0.717) is 5.56 Å². The molecule has 1 N–H and O–H groups in total. The lowest BCUT2D eigenvalue weighted by Crippen LogP contribution is -2.42. The zero-order valence-electron chi connectivity index (χ0n) is 11.4. The van der Waals surface area contributed by atoms with Crippen LogP contribution in [0.4, 0.5) is 13.2 Å². The van der Waals surface area contributed by atoms with Crippen LogP contribution in [-0.2, 0) is 4.79 Å². The molecule has 0 radical (unpaired) electrons. The number of benzene rings is 1. The zero-order chi connectivity index (χ0) is 15.3. The van der Waals surface area contributed by atoms with E-state index in [-0.39, 0.29) is 12.6 Å². The van der Waals surface area contributed by atoms with Crippen LogP contribution < -0.4 is 0 Å². The van der Waals surface area contributed by atoms with Gasteiger partial charge in [0.1, 0.15) is 0 Å². The van der Waals surface area contributed by atoms with Crippen molar-refractivity contribution in [2.75, 3.05) is 13.1 Å². The summed E-state index contributed by atoms with van der Waals surface area (Å²) < 4.78 is 37.6. The molecule has 3 nitrogen and oxygen atoms in total. The quantitative estimate of drug-likeness (QED) is 0.874. The first-order chi connectivity index (χ1) is 9.20. The Hall–Kier alpha value is -1.56. The first kappa shape index (κ1) is 16.5. The molecule has 0 aliphatic rings. The third-order valence-corrected chi connectivity index (χ3v) is 3.03. The maximum atomic E-state index is 12.5. The second-order valence-corrected chi connectivity index (χ2v) is 4.94. The topological polar surface area (TPSA) is 40.5 Å². The molecule has 1 rings (SSSR count). The van der Waals surface area contributed by atoms with Crippen molar-refractivity contribution in [1.29, 1.82) is 0 Å². The van der Waals surface area contributed by atoms with Crippen molar-refractivity contribution >= 4 is 5.97 Å². The fourth-order valence-electron chi connectivity index (χ4n) is 1.93. The van der Waals surface area contributed by atoms with Crippen LogP contribution in [0.1, 0.15) is 25.3 Å². The van der Waals surface area contributed by atoms with Crippen molar-refractivity contribution in [3.05, 3.63) is 35.9 Å². The highest BCUT2D eigenvalue weighted by Crippen LogP contribution is 2.23. The van der Waals surface area contributed by atoms with Crippen molar-refractivity contribution in [3.8, 4) is 0 Å². The Morgan fingerprint density at radius 2 is 1.80 bits per heavy atom. The van der Waals surface area contributed by atoms with Gasteiger partial charge in [-0.05, 0) is 19.4 Å². The van der Waals surface area contributed by atoms with Crippen LogP contribution >= 0.6 is 0 Å². The Morgan fingerprint density at radius 1 is 1.25 bits per heavy atom. The Labute approximate surface area is 116 Å². The first-order valence-corrected chi connectivity index (χ1v) is 6.29. The molecule has 0 saturated carbocycles. The van der Waals surface area contributed by atoms with Crippen molar-refractivity contribution < 1.29 is 23.1 Å². The number of hydrogen-bond donors (Lipinski definition) is 1. The molecule has 112 valence electrons. The van der Waals surface area contributed by atoms with Crippen LogP contribution in [0.3, 0.4) is 0 Å². The average molecular weight is 289 g/mol. The molecule has 0 aromatic heterocycles.